The van der Waals surface area contributed by atoms with Gasteiger partial charge in [-0.05, 0) is 61.7 Å². The van der Waals surface area contributed by atoms with E-state index in [1.54, 1.807) is 14.2 Å². The maximum absolute atomic E-state index is 6.09. The average molecular weight is 497 g/mol. The van der Waals surface area contributed by atoms with Gasteiger partial charge < -0.3 is 19.3 Å². The van der Waals surface area contributed by atoms with Crippen LogP contribution in [0, 0.1) is 20.8 Å². The second-order valence-electron chi connectivity index (χ2n) is 8.64. The molecule has 5 heteroatoms. The van der Waals surface area contributed by atoms with Gasteiger partial charge in [0.2, 0.25) is 0 Å². The molecule has 4 rings (SSSR count). The summed E-state index contributed by atoms with van der Waals surface area (Å²) < 4.78 is 12.0. The molecule has 170 valence electrons. The third-order valence-corrected chi connectivity index (χ3v) is 6.43. The van der Waals surface area contributed by atoms with Gasteiger partial charge in [0.25, 0.3) is 0 Å². The van der Waals surface area contributed by atoms with Crippen molar-refractivity contribution < 1.29 is 9.47 Å². The predicted molar refractivity (Wildman–Crippen MR) is 140 cm³/mol. The predicted octanol–water partition coefficient (Wildman–Crippen LogP) is 6.53. The number of anilines is 3. The molecule has 0 aliphatic carbocycles. The van der Waals surface area contributed by atoms with Crippen molar-refractivity contribution >= 4 is 34.0 Å². The molecule has 0 aromatic heterocycles. The Labute approximate surface area is 202 Å². The van der Waals surface area contributed by atoms with Gasteiger partial charge in [-0.2, -0.15) is 0 Å². The van der Waals surface area contributed by atoms with E-state index >= 15 is 0 Å². The van der Waals surface area contributed by atoms with Gasteiger partial charge in [-0.25, -0.2) is 0 Å². The molecule has 3 aromatic rings. The van der Waals surface area contributed by atoms with E-state index in [4.69, 9.17) is 9.47 Å². The summed E-state index contributed by atoms with van der Waals surface area (Å²) in [7, 11) is 9.76. The summed E-state index contributed by atoms with van der Waals surface area (Å²) in [6.45, 7) is 6.58. The SMILES string of the molecule is Br.COc1cccc2c1C(c1c(C)cc(C)cc1C)c1c(ccc(N(C)C)c1OC)N2C. The van der Waals surface area contributed by atoms with E-state index in [0.717, 1.165) is 28.6 Å². The van der Waals surface area contributed by atoms with E-state index in [-0.39, 0.29) is 22.9 Å². The molecule has 1 aliphatic rings. The number of methoxy groups -OCH3 is 2. The minimum atomic E-state index is 0. The molecule has 1 heterocycles. The molecule has 0 fully saturated rings. The smallest absolute Gasteiger partial charge is 0.148 e. The van der Waals surface area contributed by atoms with Crippen LogP contribution in [0.15, 0.2) is 42.5 Å². The number of benzene rings is 3. The Morgan fingerprint density at radius 2 is 1.44 bits per heavy atom. The summed E-state index contributed by atoms with van der Waals surface area (Å²) in [6.07, 6.45) is 0. The Bertz CT molecular complexity index is 1130. The Morgan fingerprint density at radius 3 is 2.00 bits per heavy atom. The van der Waals surface area contributed by atoms with Gasteiger partial charge in [-0.15, -0.1) is 17.0 Å². The van der Waals surface area contributed by atoms with E-state index in [9.17, 15) is 0 Å². The first-order valence-corrected chi connectivity index (χ1v) is 10.7. The van der Waals surface area contributed by atoms with Crippen molar-refractivity contribution in [3.05, 3.63) is 75.8 Å². The van der Waals surface area contributed by atoms with Gasteiger partial charge >= 0.3 is 0 Å². The molecule has 0 amide bonds. The summed E-state index contributed by atoms with van der Waals surface area (Å²) in [5.41, 5.74) is 10.9. The molecule has 1 atom stereocenters. The van der Waals surface area contributed by atoms with Crippen molar-refractivity contribution in [2.75, 3.05) is 45.2 Å². The minimum absolute atomic E-state index is 0. The molecular weight excluding hydrogens is 464 g/mol. The minimum Gasteiger partial charge on any atom is -0.496 e. The quantitative estimate of drug-likeness (QED) is 0.409. The summed E-state index contributed by atoms with van der Waals surface area (Å²) in [6, 6.07) is 15.2. The van der Waals surface area contributed by atoms with Crippen LogP contribution in [0.5, 0.6) is 11.5 Å². The van der Waals surface area contributed by atoms with Crippen molar-refractivity contribution in [1.29, 1.82) is 0 Å². The van der Waals surface area contributed by atoms with Crippen LogP contribution in [0.1, 0.15) is 39.3 Å². The second kappa shape index (κ2) is 9.07. The molecule has 0 saturated heterocycles. The number of aryl methyl sites for hydroxylation is 3. The van der Waals surface area contributed by atoms with Gasteiger partial charge in [0.15, 0.2) is 0 Å². The highest BCUT2D eigenvalue weighted by Crippen LogP contribution is 2.56. The fraction of sp³-hybridized carbons (Fsp3) is 0.333. The first-order chi connectivity index (χ1) is 14.8. The van der Waals surface area contributed by atoms with E-state index < -0.39 is 0 Å². The lowest BCUT2D eigenvalue weighted by Gasteiger charge is -2.39. The van der Waals surface area contributed by atoms with Crippen LogP contribution in [0.3, 0.4) is 0 Å². The van der Waals surface area contributed by atoms with Crippen LogP contribution in [-0.4, -0.2) is 35.4 Å². The fourth-order valence-corrected chi connectivity index (χ4v) is 5.22. The average Bonchev–Trinajstić information content (AvgIpc) is 2.73. The lowest BCUT2D eigenvalue weighted by atomic mass is 9.76. The van der Waals surface area contributed by atoms with Crippen LogP contribution in [-0.2, 0) is 0 Å². The van der Waals surface area contributed by atoms with Crippen molar-refractivity contribution in [3.63, 3.8) is 0 Å². The van der Waals surface area contributed by atoms with Crippen molar-refractivity contribution in [2.45, 2.75) is 26.7 Å². The number of hydrogen-bond donors (Lipinski definition) is 0. The normalized spacial score (nSPS) is 14.2. The zero-order chi connectivity index (χ0) is 22.4. The monoisotopic (exact) mass is 496 g/mol. The maximum Gasteiger partial charge on any atom is 0.148 e. The van der Waals surface area contributed by atoms with Crippen LogP contribution in [0.2, 0.25) is 0 Å². The van der Waals surface area contributed by atoms with Crippen molar-refractivity contribution in [1.82, 2.24) is 0 Å². The first-order valence-electron chi connectivity index (χ1n) is 10.7. The second-order valence-corrected chi connectivity index (χ2v) is 8.64. The lowest BCUT2D eigenvalue weighted by molar-refractivity contribution is 0.402. The molecule has 3 aromatic carbocycles. The number of nitrogens with zero attached hydrogens (tertiary/aromatic N) is 2. The summed E-state index contributed by atoms with van der Waals surface area (Å²) >= 11 is 0. The lowest BCUT2D eigenvalue weighted by Crippen LogP contribution is -2.25. The number of ether oxygens (including phenoxy) is 2. The van der Waals surface area contributed by atoms with Gasteiger partial charge in [-0.3, -0.25) is 0 Å². The molecular formula is C27H33BrN2O2. The number of rotatable bonds is 4. The molecule has 0 bridgehead atoms. The number of halogens is 1. The highest BCUT2D eigenvalue weighted by molar-refractivity contribution is 8.93. The van der Waals surface area contributed by atoms with E-state index in [1.807, 2.05) is 0 Å². The molecule has 4 nitrogen and oxygen atoms in total. The molecule has 0 radical (unpaired) electrons. The Hall–Kier alpha value is -2.66. The van der Waals surface area contributed by atoms with Crippen molar-refractivity contribution in [2.24, 2.45) is 0 Å². The molecule has 0 N–H and O–H groups in total. The summed E-state index contributed by atoms with van der Waals surface area (Å²) in [5, 5.41) is 0. The van der Waals surface area contributed by atoms with Crippen LogP contribution >= 0.6 is 17.0 Å². The molecule has 1 unspecified atom stereocenters. The number of hydrogen-bond acceptors (Lipinski definition) is 4. The summed E-state index contributed by atoms with van der Waals surface area (Å²) in [4.78, 5) is 4.37. The van der Waals surface area contributed by atoms with Gasteiger partial charge in [0.05, 0.1) is 19.9 Å². The van der Waals surface area contributed by atoms with E-state index in [2.05, 4.69) is 94.2 Å². The van der Waals surface area contributed by atoms with Crippen LogP contribution in [0.4, 0.5) is 17.1 Å². The Balaban J connectivity index is 0.00000289. The standard InChI is InChI=1S/C27H32N2O2.BrH/c1-16-14-17(2)23(18(3)15-16)26-24-19(10-9-11-22(24)30-7)29(6)20-12-13-21(28(4)5)27(31-8)25(20)26;/h9-15,26H,1-8H3;1H. The third-order valence-electron chi connectivity index (χ3n) is 6.43. The highest BCUT2D eigenvalue weighted by atomic mass is 79.9. The van der Waals surface area contributed by atoms with Gasteiger partial charge in [0, 0.05) is 49.6 Å². The van der Waals surface area contributed by atoms with Gasteiger partial charge in [-0.1, -0.05) is 23.8 Å². The van der Waals surface area contributed by atoms with E-state index in [1.165, 1.54) is 33.4 Å². The third kappa shape index (κ3) is 3.62. The highest BCUT2D eigenvalue weighted by Gasteiger charge is 2.37. The Kier molecular flexibility index (Phi) is 6.80. The first kappa shape index (κ1) is 24.0. The molecule has 32 heavy (non-hydrogen) atoms. The molecule has 1 aliphatic heterocycles. The maximum atomic E-state index is 6.09. The van der Waals surface area contributed by atoms with Crippen molar-refractivity contribution in [3.8, 4) is 11.5 Å². The van der Waals surface area contributed by atoms with Crippen LogP contribution < -0.4 is 19.3 Å². The zero-order valence-electron chi connectivity index (χ0n) is 20.2. The van der Waals surface area contributed by atoms with Crippen LogP contribution in [0.25, 0.3) is 0 Å². The largest absolute Gasteiger partial charge is 0.496 e. The number of fused-ring (bicyclic) bond motifs is 2. The molecule has 0 saturated carbocycles. The summed E-state index contributed by atoms with van der Waals surface area (Å²) in [5.74, 6) is 1.82. The fourth-order valence-electron chi connectivity index (χ4n) is 5.22. The Morgan fingerprint density at radius 1 is 0.812 bits per heavy atom. The zero-order valence-corrected chi connectivity index (χ0v) is 22.0. The van der Waals surface area contributed by atoms with E-state index in [0.29, 0.717) is 0 Å². The molecule has 0 spiro atoms. The topological polar surface area (TPSA) is 24.9 Å². The van der Waals surface area contributed by atoms with Gasteiger partial charge in [0.1, 0.15) is 11.5 Å².